The fourth-order valence-corrected chi connectivity index (χ4v) is 5.35. The molecule has 1 aliphatic heterocycles. The minimum absolute atomic E-state index is 0.0688. The van der Waals surface area contributed by atoms with E-state index >= 15 is 0 Å². The summed E-state index contributed by atoms with van der Waals surface area (Å²) in [7, 11) is 0. The van der Waals surface area contributed by atoms with E-state index in [1.165, 1.54) is 5.56 Å². The molecule has 186 valence electrons. The highest BCUT2D eigenvalue weighted by molar-refractivity contribution is 6.30. The molecule has 2 N–H and O–H groups in total. The second kappa shape index (κ2) is 10.8. The van der Waals surface area contributed by atoms with Crippen molar-refractivity contribution in [1.82, 2.24) is 14.8 Å². The summed E-state index contributed by atoms with van der Waals surface area (Å²) >= 11 is 6.06. The number of fused-ring (bicyclic) bond motifs is 1. The number of rotatable bonds is 7. The number of hydrogen-bond donors (Lipinski definition) is 2. The van der Waals surface area contributed by atoms with Crippen molar-refractivity contribution >= 4 is 28.4 Å². The van der Waals surface area contributed by atoms with E-state index in [9.17, 15) is 9.90 Å². The Labute approximate surface area is 217 Å². The highest BCUT2D eigenvalue weighted by Crippen LogP contribution is 2.30. The molecule has 5 nitrogen and oxygen atoms in total. The van der Waals surface area contributed by atoms with Gasteiger partial charge >= 0.3 is 0 Å². The number of hydrogen-bond acceptors (Lipinski definition) is 3. The minimum Gasteiger partial charge on any atom is -0.508 e. The van der Waals surface area contributed by atoms with Crippen LogP contribution in [0.2, 0.25) is 5.02 Å². The van der Waals surface area contributed by atoms with Crippen molar-refractivity contribution in [2.75, 3.05) is 19.6 Å². The number of phenols is 1. The van der Waals surface area contributed by atoms with Crippen molar-refractivity contribution in [2.45, 2.75) is 38.8 Å². The maximum atomic E-state index is 13.5. The van der Waals surface area contributed by atoms with Crippen molar-refractivity contribution < 1.29 is 9.90 Å². The van der Waals surface area contributed by atoms with Gasteiger partial charge in [0.2, 0.25) is 0 Å². The van der Waals surface area contributed by atoms with Gasteiger partial charge in [0.1, 0.15) is 5.75 Å². The number of nitrogens with one attached hydrogen (secondary N) is 1. The minimum atomic E-state index is -0.0688. The zero-order valence-electron chi connectivity index (χ0n) is 20.6. The van der Waals surface area contributed by atoms with Crippen LogP contribution in [0.25, 0.3) is 10.9 Å². The molecule has 0 atom stereocenters. The quantitative estimate of drug-likeness (QED) is 0.337. The van der Waals surface area contributed by atoms with Gasteiger partial charge in [-0.3, -0.25) is 4.79 Å². The molecule has 4 aromatic rings. The molecular weight excluding hydrogens is 470 g/mol. The topological polar surface area (TPSA) is 57.5 Å². The summed E-state index contributed by atoms with van der Waals surface area (Å²) in [6.45, 7) is 5.61. The maximum Gasteiger partial charge on any atom is 0.253 e. The summed E-state index contributed by atoms with van der Waals surface area (Å²) < 4.78 is 2.14. The summed E-state index contributed by atoms with van der Waals surface area (Å²) in [6, 6.07) is 23.7. The number of aromatic nitrogens is 1. The number of carbonyl (C=O) groups is 1. The van der Waals surface area contributed by atoms with Gasteiger partial charge in [0.25, 0.3) is 5.91 Å². The molecule has 0 saturated carbocycles. The van der Waals surface area contributed by atoms with E-state index < -0.39 is 0 Å². The number of amides is 1. The number of halogens is 1. The molecular formula is C30H32ClN3O2. The number of piperidine rings is 1. The van der Waals surface area contributed by atoms with Gasteiger partial charge in [-0.15, -0.1) is 0 Å². The highest BCUT2D eigenvalue weighted by Gasteiger charge is 2.25. The van der Waals surface area contributed by atoms with Crippen LogP contribution in [0.1, 0.15) is 40.0 Å². The lowest BCUT2D eigenvalue weighted by atomic mass is 10.0. The smallest absolute Gasteiger partial charge is 0.253 e. The van der Waals surface area contributed by atoms with Crippen molar-refractivity contribution in [3.05, 3.63) is 100 Å². The van der Waals surface area contributed by atoms with Crippen LogP contribution in [0.4, 0.5) is 0 Å². The van der Waals surface area contributed by atoms with Crippen LogP contribution in [-0.2, 0) is 13.0 Å². The summed E-state index contributed by atoms with van der Waals surface area (Å²) in [4.78, 5) is 16.0. The van der Waals surface area contributed by atoms with E-state index in [2.05, 4.69) is 45.1 Å². The monoisotopic (exact) mass is 501 g/mol. The number of phenolic OH excluding ortho intramolecular Hbond substituents is 1. The standard InChI is InChI=1S/C30H32ClN3O2/c1-21-29(27-19-26(35)11-12-28(27)34(21)20-23-7-9-24(31)10-8-23)30(36)32-25-14-17-33(18-15-25)16-13-22-5-3-2-4-6-22/h2-12,19,25,35H,13-18,20H2,1H3,(H,32,36). The first-order valence-electron chi connectivity index (χ1n) is 12.6. The van der Waals surface area contributed by atoms with Gasteiger partial charge in [-0.25, -0.2) is 0 Å². The van der Waals surface area contributed by atoms with E-state index in [0.29, 0.717) is 17.1 Å². The SMILES string of the molecule is Cc1c(C(=O)NC2CCN(CCc3ccccc3)CC2)c2cc(O)ccc2n1Cc1ccc(Cl)cc1. The molecule has 0 radical (unpaired) electrons. The third kappa shape index (κ3) is 5.43. The summed E-state index contributed by atoms with van der Waals surface area (Å²) in [5.41, 5.74) is 4.93. The van der Waals surface area contributed by atoms with Gasteiger partial charge in [-0.05, 0) is 67.6 Å². The molecule has 1 aromatic heterocycles. The van der Waals surface area contributed by atoms with Gasteiger partial charge in [0.05, 0.1) is 5.56 Å². The summed E-state index contributed by atoms with van der Waals surface area (Å²) in [5, 5.41) is 14.9. The molecule has 0 unspecified atom stereocenters. The van der Waals surface area contributed by atoms with Gasteiger partial charge in [-0.2, -0.15) is 0 Å². The Balaban J connectivity index is 1.28. The zero-order chi connectivity index (χ0) is 25.1. The number of likely N-dealkylation sites (tertiary alicyclic amines) is 1. The fourth-order valence-electron chi connectivity index (χ4n) is 5.22. The van der Waals surface area contributed by atoms with Crippen molar-refractivity contribution in [3.8, 4) is 5.75 Å². The third-order valence-corrected chi connectivity index (χ3v) is 7.52. The molecule has 2 heterocycles. The van der Waals surface area contributed by atoms with E-state index in [-0.39, 0.29) is 17.7 Å². The number of benzene rings is 3. The normalized spacial score (nSPS) is 14.8. The van der Waals surface area contributed by atoms with E-state index in [0.717, 1.165) is 61.1 Å². The number of nitrogens with zero attached hydrogens (tertiary/aromatic N) is 2. The van der Waals surface area contributed by atoms with Crippen LogP contribution in [0.15, 0.2) is 72.8 Å². The van der Waals surface area contributed by atoms with E-state index in [4.69, 9.17) is 11.6 Å². The molecule has 0 spiro atoms. The first-order valence-corrected chi connectivity index (χ1v) is 13.0. The average Bonchev–Trinajstić information content (AvgIpc) is 3.15. The Morgan fingerprint density at radius 2 is 1.72 bits per heavy atom. The molecule has 1 saturated heterocycles. The lowest BCUT2D eigenvalue weighted by Crippen LogP contribution is -2.45. The Morgan fingerprint density at radius 3 is 2.44 bits per heavy atom. The van der Waals surface area contributed by atoms with Crippen molar-refractivity contribution in [3.63, 3.8) is 0 Å². The molecule has 5 rings (SSSR count). The maximum absolute atomic E-state index is 13.5. The fraction of sp³-hybridized carbons (Fsp3) is 0.300. The number of aromatic hydroxyl groups is 1. The molecule has 3 aromatic carbocycles. The first kappa shape index (κ1) is 24.4. The van der Waals surface area contributed by atoms with Crippen LogP contribution in [0, 0.1) is 6.92 Å². The molecule has 0 aliphatic carbocycles. The van der Waals surface area contributed by atoms with Crippen LogP contribution in [-0.4, -0.2) is 46.2 Å². The Bertz CT molecular complexity index is 1340. The number of carbonyl (C=O) groups excluding carboxylic acids is 1. The van der Waals surface area contributed by atoms with Gasteiger partial charge in [-0.1, -0.05) is 54.1 Å². The van der Waals surface area contributed by atoms with Gasteiger partial charge in [0.15, 0.2) is 0 Å². The molecule has 1 aliphatic rings. The van der Waals surface area contributed by atoms with E-state index in [1.807, 2.05) is 37.3 Å². The van der Waals surface area contributed by atoms with E-state index in [1.54, 1.807) is 12.1 Å². The average molecular weight is 502 g/mol. The third-order valence-electron chi connectivity index (χ3n) is 7.27. The van der Waals surface area contributed by atoms with Crippen molar-refractivity contribution in [2.24, 2.45) is 0 Å². The van der Waals surface area contributed by atoms with Crippen molar-refractivity contribution in [1.29, 1.82) is 0 Å². The van der Waals surface area contributed by atoms with Crippen LogP contribution in [0.5, 0.6) is 5.75 Å². The predicted molar refractivity (Wildman–Crippen MR) is 146 cm³/mol. The second-order valence-corrected chi connectivity index (χ2v) is 10.1. The first-order chi connectivity index (χ1) is 17.5. The lowest BCUT2D eigenvalue weighted by Gasteiger charge is -2.32. The Hall–Kier alpha value is -3.28. The molecule has 0 bridgehead atoms. The Kier molecular flexibility index (Phi) is 7.30. The van der Waals surface area contributed by atoms with Gasteiger partial charge < -0.3 is 19.9 Å². The largest absolute Gasteiger partial charge is 0.508 e. The highest BCUT2D eigenvalue weighted by atomic mass is 35.5. The molecule has 36 heavy (non-hydrogen) atoms. The summed E-state index contributed by atoms with van der Waals surface area (Å²) in [5.74, 6) is 0.0904. The molecule has 6 heteroatoms. The molecule has 1 amide bonds. The second-order valence-electron chi connectivity index (χ2n) is 9.70. The van der Waals surface area contributed by atoms with Crippen LogP contribution >= 0.6 is 11.6 Å². The Morgan fingerprint density at radius 1 is 1.00 bits per heavy atom. The molecule has 1 fully saturated rings. The van der Waals surface area contributed by atoms with Crippen LogP contribution < -0.4 is 5.32 Å². The lowest BCUT2D eigenvalue weighted by molar-refractivity contribution is 0.0912. The van der Waals surface area contributed by atoms with Crippen LogP contribution in [0.3, 0.4) is 0 Å². The zero-order valence-corrected chi connectivity index (χ0v) is 21.3. The predicted octanol–water partition coefficient (Wildman–Crippen LogP) is 5.79. The van der Waals surface area contributed by atoms with Gasteiger partial charge in [0, 0.05) is 53.8 Å². The summed E-state index contributed by atoms with van der Waals surface area (Å²) in [6.07, 6.45) is 2.93.